The van der Waals surface area contributed by atoms with E-state index in [0.717, 1.165) is 19.4 Å². The van der Waals surface area contributed by atoms with Crippen molar-refractivity contribution in [3.63, 3.8) is 0 Å². The van der Waals surface area contributed by atoms with Crippen LogP contribution in [0.25, 0.3) is 0 Å². The lowest BCUT2D eigenvalue weighted by molar-refractivity contribution is -0.122. The lowest BCUT2D eigenvalue weighted by atomic mass is 10.0. The Balaban J connectivity index is 2.76. The number of Topliss-reactive ketones (excluding diaryl/α,β-unsaturated/α-hetero) is 1. The first-order valence-electron chi connectivity index (χ1n) is 4.76. The molecule has 1 aliphatic rings. The van der Waals surface area contributed by atoms with E-state index in [1.165, 1.54) is 0 Å². The molecule has 0 amide bonds. The van der Waals surface area contributed by atoms with Crippen molar-refractivity contribution in [2.75, 3.05) is 6.54 Å². The molecular weight excluding hydrogens is 150 g/mol. The van der Waals surface area contributed by atoms with E-state index in [9.17, 15) is 4.79 Å². The van der Waals surface area contributed by atoms with Crippen molar-refractivity contribution in [3.8, 4) is 0 Å². The van der Waals surface area contributed by atoms with E-state index in [2.05, 4.69) is 25.7 Å². The van der Waals surface area contributed by atoms with Crippen molar-refractivity contribution in [2.24, 2.45) is 0 Å². The third-order valence-corrected chi connectivity index (χ3v) is 2.99. The molecule has 1 rings (SSSR count). The van der Waals surface area contributed by atoms with Crippen LogP contribution in [0.1, 0.15) is 40.5 Å². The number of likely N-dealkylation sites (tertiary alicyclic amines) is 1. The number of ketones is 1. The van der Waals surface area contributed by atoms with Crippen LogP contribution in [0.4, 0.5) is 0 Å². The second-order valence-electron chi connectivity index (χ2n) is 4.26. The van der Waals surface area contributed by atoms with Crippen LogP contribution >= 0.6 is 0 Å². The van der Waals surface area contributed by atoms with Crippen LogP contribution in [0.2, 0.25) is 0 Å². The Hall–Kier alpha value is -0.370. The summed E-state index contributed by atoms with van der Waals surface area (Å²) in [6.07, 6.45) is 2.18. The van der Waals surface area contributed by atoms with Gasteiger partial charge in [-0.15, -0.1) is 0 Å². The minimum atomic E-state index is 0.185. The van der Waals surface area contributed by atoms with Gasteiger partial charge in [-0.05, 0) is 40.2 Å². The Morgan fingerprint density at radius 1 is 1.58 bits per heavy atom. The van der Waals surface area contributed by atoms with Gasteiger partial charge in [-0.1, -0.05) is 6.92 Å². The Labute approximate surface area is 74.9 Å². The van der Waals surface area contributed by atoms with Gasteiger partial charge >= 0.3 is 0 Å². The molecule has 0 aliphatic carbocycles. The maximum absolute atomic E-state index is 11.3. The SMILES string of the molecule is CCN1[C@H](C(C)=O)CCC1(C)C. The molecule has 1 atom stereocenters. The van der Waals surface area contributed by atoms with E-state index in [4.69, 9.17) is 0 Å². The van der Waals surface area contributed by atoms with Crippen LogP contribution in [0.5, 0.6) is 0 Å². The van der Waals surface area contributed by atoms with Crippen LogP contribution in [0.15, 0.2) is 0 Å². The maximum atomic E-state index is 11.3. The maximum Gasteiger partial charge on any atom is 0.146 e. The van der Waals surface area contributed by atoms with Crippen molar-refractivity contribution >= 4 is 5.78 Å². The molecule has 70 valence electrons. The molecule has 0 aromatic carbocycles. The summed E-state index contributed by atoms with van der Waals surface area (Å²) in [7, 11) is 0. The molecule has 1 aliphatic heterocycles. The summed E-state index contributed by atoms with van der Waals surface area (Å²) in [5.74, 6) is 0.322. The van der Waals surface area contributed by atoms with Gasteiger partial charge < -0.3 is 0 Å². The highest BCUT2D eigenvalue weighted by atomic mass is 16.1. The number of carbonyl (C=O) groups excluding carboxylic acids is 1. The smallest absolute Gasteiger partial charge is 0.146 e. The predicted octanol–water partition coefficient (Wildman–Crippen LogP) is 1.84. The molecule has 0 radical (unpaired) electrons. The summed E-state index contributed by atoms with van der Waals surface area (Å²) in [6, 6.07) is 0.185. The van der Waals surface area contributed by atoms with Crippen LogP contribution in [-0.4, -0.2) is 28.8 Å². The molecule has 0 spiro atoms. The predicted molar refractivity (Wildman–Crippen MR) is 50.2 cm³/mol. The quantitative estimate of drug-likeness (QED) is 0.628. The zero-order valence-electron chi connectivity index (χ0n) is 8.55. The summed E-state index contributed by atoms with van der Waals surface area (Å²) in [6.45, 7) is 9.26. The number of nitrogens with zero attached hydrogens (tertiary/aromatic N) is 1. The lowest BCUT2D eigenvalue weighted by Gasteiger charge is -2.33. The van der Waals surface area contributed by atoms with Crippen molar-refractivity contribution in [1.29, 1.82) is 0 Å². The van der Waals surface area contributed by atoms with Crippen molar-refractivity contribution in [2.45, 2.75) is 52.1 Å². The van der Waals surface area contributed by atoms with Gasteiger partial charge in [-0.3, -0.25) is 9.69 Å². The van der Waals surface area contributed by atoms with Gasteiger partial charge in [0.25, 0.3) is 0 Å². The first kappa shape index (κ1) is 9.72. The minimum absolute atomic E-state index is 0.185. The molecule has 1 saturated heterocycles. The topological polar surface area (TPSA) is 20.3 Å². The van der Waals surface area contributed by atoms with E-state index in [1.54, 1.807) is 6.92 Å². The fourth-order valence-electron chi connectivity index (χ4n) is 2.28. The number of hydrogen-bond acceptors (Lipinski definition) is 2. The van der Waals surface area contributed by atoms with Crippen molar-refractivity contribution in [1.82, 2.24) is 4.90 Å². The fourth-order valence-corrected chi connectivity index (χ4v) is 2.28. The summed E-state index contributed by atoms with van der Waals surface area (Å²) < 4.78 is 0. The number of carbonyl (C=O) groups is 1. The second-order valence-corrected chi connectivity index (χ2v) is 4.26. The van der Waals surface area contributed by atoms with E-state index < -0.39 is 0 Å². The van der Waals surface area contributed by atoms with Crippen molar-refractivity contribution < 1.29 is 4.79 Å². The second kappa shape index (κ2) is 3.17. The standard InChI is InChI=1S/C10H19NO/c1-5-11-9(8(2)12)6-7-10(11,3)4/h9H,5-7H2,1-4H3/t9-/m0/s1. The highest BCUT2D eigenvalue weighted by molar-refractivity contribution is 5.81. The van der Waals surface area contributed by atoms with E-state index >= 15 is 0 Å². The Bertz CT molecular complexity index is 186. The molecule has 0 aromatic rings. The van der Waals surface area contributed by atoms with E-state index in [1.807, 2.05) is 0 Å². The zero-order chi connectivity index (χ0) is 9.35. The molecule has 2 heteroatoms. The Morgan fingerprint density at radius 3 is 2.50 bits per heavy atom. The monoisotopic (exact) mass is 169 g/mol. The molecule has 0 bridgehead atoms. The van der Waals surface area contributed by atoms with Gasteiger partial charge in [0.15, 0.2) is 0 Å². The fraction of sp³-hybridized carbons (Fsp3) is 0.900. The van der Waals surface area contributed by atoms with Gasteiger partial charge in [0.2, 0.25) is 0 Å². The normalized spacial score (nSPS) is 29.2. The van der Waals surface area contributed by atoms with Crippen LogP contribution in [-0.2, 0) is 4.79 Å². The van der Waals surface area contributed by atoms with E-state index in [0.29, 0.717) is 5.78 Å². The zero-order valence-corrected chi connectivity index (χ0v) is 8.55. The van der Waals surface area contributed by atoms with Gasteiger partial charge in [-0.2, -0.15) is 0 Å². The largest absolute Gasteiger partial charge is 0.298 e. The first-order valence-corrected chi connectivity index (χ1v) is 4.76. The first-order chi connectivity index (χ1) is 5.49. The number of likely N-dealkylation sites (N-methyl/N-ethyl adjacent to an activating group) is 1. The molecule has 0 aromatic heterocycles. The Morgan fingerprint density at radius 2 is 2.17 bits per heavy atom. The summed E-state index contributed by atoms with van der Waals surface area (Å²) in [4.78, 5) is 13.6. The molecule has 1 heterocycles. The summed E-state index contributed by atoms with van der Waals surface area (Å²) in [5.41, 5.74) is 0.227. The molecule has 0 N–H and O–H groups in total. The third kappa shape index (κ3) is 1.53. The molecular formula is C10H19NO. The molecule has 0 unspecified atom stereocenters. The Kier molecular flexibility index (Phi) is 2.57. The molecule has 2 nitrogen and oxygen atoms in total. The lowest BCUT2D eigenvalue weighted by Crippen LogP contribution is -2.45. The third-order valence-electron chi connectivity index (χ3n) is 2.99. The molecule has 0 saturated carbocycles. The average molecular weight is 169 g/mol. The average Bonchev–Trinajstić information content (AvgIpc) is 2.24. The minimum Gasteiger partial charge on any atom is -0.298 e. The van der Waals surface area contributed by atoms with Crippen LogP contribution in [0, 0.1) is 0 Å². The van der Waals surface area contributed by atoms with Gasteiger partial charge in [0.1, 0.15) is 5.78 Å². The summed E-state index contributed by atoms with van der Waals surface area (Å²) >= 11 is 0. The summed E-state index contributed by atoms with van der Waals surface area (Å²) in [5, 5.41) is 0. The number of hydrogen-bond donors (Lipinski definition) is 0. The molecule has 1 fully saturated rings. The van der Waals surface area contributed by atoms with Gasteiger partial charge in [-0.25, -0.2) is 0 Å². The van der Waals surface area contributed by atoms with Gasteiger partial charge in [0.05, 0.1) is 6.04 Å². The van der Waals surface area contributed by atoms with Crippen LogP contribution < -0.4 is 0 Å². The van der Waals surface area contributed by atoms with Gasteiger partial charge in [0, 0.05) is 5.54 Å². The molecule has 12 heavy (non-hydrogen) atoms. The van der Waals surface area contributed by atoms with E-state index in [-0.39, 0.29) is 11.6 Å². The van der Waals surface area contributed by atoms with Crippen LogP contribution in [0.3, 0.4) is 0 Å². The highest BCUT2D eigenvalue weighted by Gasteiger charge is 2.39. The number of rotatable bonds is 2. The van der Waals surface area contributed by atoms with Crippen molar-refractivity contribution in [3.05, 3.63) is 0 Å². The highest BCUT2D eigenvalue weighted by Crippen LogP contribution is 2.33.